The molecule has 0 unspecified atom stereocenters. The number of anilines is 1. The van der Waals surface area contributed by atoms with Gasteiger partial charge in [-0.2, -0.15) is 0 Å². The fourth-order valence-electron chi connectivity index (χ4n) is 1.15. The topological polar surface area (TPSA) is 32.3 Å². The van der Waals surface area contributed by atoms with Gasteiger partial charge in [-0.25, -0.2) is 0 Å². The molecule has 3 heteroatoms. The van der Waals surface area contributed by atoms with Crippen LogP contribution < -0.4 is 5.32 Å². The molecule has 0 aliphatic rings. The number of aryl methyl sites for hydroxylation is 1. The Labute approximate surface area is 87.1 Å². The summed E-state index contributed by atoms with van der Waals surface area (Å²) in [6, 6.07) is 6.18. The van der Waals surface area contributed by atoms with E-state index in [9.17, 15) is 0 Å². The van der Waals surface area contributed by atoms with Crippen molar-refractivity contribution >= 4 is 21.6 Å². The van der Waals surface area contributed by atoms with Crippen LogP contribution in [0.5, 0.6) is 0 Å². The van der Waals surface area contributed by atoms with E-state index in [4.69, 9.17) is 5.11 Å². The van der Waals surface area contributed by atoms with Crippen LogP contribution in [0.3, 0.4) is 0 Å². The van der Waals surface area contributed by atoms with Gasteiger partial charge in [-0.1, -0.05) is 15.9 Å². The third-order valence-electron chi connectivity index (χ3n) is 1.71. The zero-order valence-electron chi connectivity index (χ0n) is 7.68. The largest absolute Gasteiger partial charge is 0.396 e. The molecule has 2 nitrogen and oxygen atoms in total. The monoisotopic (exact) mass is 243 g/mol. The first-order valence-corrected chi connectivity index (χ1v) is 5.13. The molecule has 0 saturated heterocycles. The molecule has 0 aliphatic carbocycles. The predicted molar refractivity (Wildman–Crippen MR) is 59.1 cm³/mol. The van der Waals surface area contributed by atoms with E-state index in [0.29, 0.717) is 0 Å². The molecule has 0 atom stereocenters. The number of rotatable bonds is 4. The van der Waals surface area contributed by atoms with Crippen molar-refractivity contribution in [3.05, 3.63) is 28.2 Å². The molecular weight excluding hydrogens is 230 g/mol. The summed E-state index contributed by atoms with van der Waals surface area (Å²) in [5, 5.41) is 11.8. The van der Waals surface area contributed by atoms with Crippen LogP contribution in [-0.4, -0.2) is 18.3 Å². The van der Waals surface area contributed by atoms with Gasteiger partial charge in [0, 0.05) is 23.3 Å². The molecule has 1 rings (SSSR count). The Balaban J connectivity index is 2.56. The molecule has 72 valence electrons. The Kier molecular flexibility index (Phi) is 4.25. The van der Waals surface area contributed by atoms with Gasteiger partial charge in [0.2, 0.25) is 0 Å². The highest BCUT2D eigenvalue weighted by atomic mass is 79.9. The van der Waals surface area contributed by atoms with Crippen molar-refractivity contribution in [2.24, 2.45) is 0 Å². The normalized spacial score (nSPS) is 10.1. The summed E-state index contributed by atoms with van der Waals surface area (Å²) >= 11 is 3.43. The minimum absolute atomic E-state index is 0.236. The number of halogens is 1. The van der Waals surface area contributed by atoms with Gasteiger partial charge in [-0.05, 0) is 37.1 Å². The van der Waals surface area contributed by atoms with Crippen LogP contribution in [0.4, 0.5) is 5.69 Å². The second-order valence-electron chi connectivity index (χ2n) is 3.02. The maximum Gasteiger partial charge on any atom is 0.0447 e. The lowest BCUT2D eigenvalue weighted by molar-refractivity contribution is 0.292. The van der Waals surface area contributed by atoms with E-state index < -0.39 is 0 Å². The smallest absolute Gasteiger partial charge is 0.0447 e. The lowest BCUT2D eigenvalue weighted by atomic mass is 10.2. The summed E-state index contributed by atoms with van der Waals surface area (Å²) in [5.74, 6) is 0. The third-order valence-corrected chi connectivity index (χ3v) is 2.16. The van der Waals surface area contributed by atoms with Gasteiger partial charge in [0.1, 0.15) is 0 Å². The second kappa shape index (κ2) is 5.25. The summed E-state index contributed by atoms with van der Waals surface area (Å²) < 4.78 is 1.08. The zero-order valence-corrected chi connectivity index (χ0v) is 9.26. The quantitative estimate of drug-likeness (QED) is 0.798. The third kappa shape index (κ3) is 3.79. The maximum absolute atomic E-state index is 8.60. The van der Waals surface area contributed by atoms with Crippen molar-refractivity contribution in [1.82, 2.24) is 0 Å². The molecular formula is C10H14BrNO. The molecule has 0 heterocycles. The molecule has 1 aromatic rings. The number of nitrogens with one attached hydrogen (secondary N) is 1. The van der Waals surface area contributed by atoms with Gasteiger partial charge in [0.15, 0.2) is 0 Å². The Hall–Kier alpha value is -0.540. The molecule has 0 aliphatic heterocycles. The van der Waals surface area contributed by atoms with Crippen molar-refractivity contribution < 1.29 is 5.11 Å². The van der Waals surface area contributed by atoms with Gasteiger partial charge in [0.05, 0.1) is 0 Å². The van der Waals surface area contributed by atoms with Crippen LogP contribution in [-0.2, 0) is 0 Å². The first kappa shape index (κ1) is 10.5. The van der Waals surface area contributed by atoms with Crippen LogP contribution in [0.2, 0.25) is 0 Å². The predicted octanol–water partition coefficient (Wildman–Crippen LogP) is 2.55. The van der Waals surface area contributed by atoms with E-state index in [1.807, 2.05) is 6.07 Å². The van der Waals surface area contributed by atoms with E-state index in [1.54, 1.807) is 0 Å². The highest BCUT2D eigenvalue weighted by molar-refractivity contribution is 9.10. The number of hydrogen-bond acceptors (Lipinski definition) is 2. The Bertz CT molecular complexity index is 255. The average molecular weight is 244 g/mol. The minimum atomic E-state index is 0.236. The van der Waals surface area contributed by atoms with Gasteiger partial charge in [0.25, 0.3) is 0 Å². The van der Waals surface area contributed by atoms with Gasteiger partial charge >= 0.3 is 0 Å². The Morgan fingerprint density at radius 1 is 1.38 bits per heavy atom. The fourth-order valence-corrected chi connectivity index (χ4v) is 1.76. The minimum Gasteiger partial charge on any atom is -0.396 e. The van der Waals surface area contributed by atoms with Crippen molar-refractivity contribution in [2.75, 3.05) is 18.5 Å². The Morgan fingerprint density at radius 2 is 2.15 bits per heavy atom. The summed E-state index contributed by atoms with van der Waals surface area (Å²) in [6.45, 7) is 3.11. The Morgan fingerprint density at radius 3 is 2.77 bits per heavy atom. The molecule has 13 heavy (non-hydrogen) atoms. The summed E-state index contributed by atoms with van der Waals surface area (Å²) in [4.78, 5) is 0. The van der Waals surface area contributed by atoms with Gasteiger partial charge < -0.3 is 10.4 Å². The maximum atomic E-state index is 8.60. The van der Waals surface area contributed by atoms with Crippen molar-refractivity contribution in [1.29, 1.82) is 0 Å². The zero-order chi connectivity index (χ0) is 9.68. The van der Waals surface area contributed by atoms with Crippen molar-refractivity contribution in [3.63, 3.8) is 0 Å². The average Bonchev–Trinajstić information content (AvgIpc) is 2.03. The highest BCUT2D eigenvalue weighted by Crippen LogP contribution is 2.18. The van der Waals surface area contributed by atoms with E-state index >= 15 is 0 Å². The van der Waals surface area contributed by atoms with Crippen LogP contribution in [0, 0.1) is 6.92 Å². The number of hydrogen-bond donors (Lipinski definition) is 2. The summed E-state index contributed by atoms with van der Waals surface area (Å²) in [6.07, 6.45) is 0.783. The number of aliphatic hydroxyl groups excluding tert-OH is 1. The van der Waals surface area contributed by atoms with E-state index in [1.165, 1.54) is 5.56 Å². The van der Waals surface area contributed by atoms with Crippen LogP contribution in [0.15, 0.2) is 22.7 Å². The van der Waals surface area contributed by atoms with Crippen LogP contribution in [0.25, 0.3) is 0 Å². The summed E-state index contributed by atoms with van der Waals surface area (Å²) in [5.41, 5.74) is 2.32. The first-order chi connectivity index (χ1) is 6.22. The first-order valence-electron chi connectivity index (χ1n) is 4.34. The van der Waals surface area contributed by atoms with Crippen molar-refractivity contribution in [2.45, 2.75) is 13.3 Å². The van der Waals surface area contributed by atoms with Gasteiger partial charge in [-0.3, -0.25) is 0 Å². The van der Waals surface area contributed by atoms with E-state index in [-0.39, 0.29) is 6.61 Å². The molecule has 0 amide bonds. The molecule has 0 fully saturated rings. The van der Waals surface area contributed by atoms with Crippen LogP contribution >= 0.6 is 15.9 Å². The molecule has 0 saturated carbocycles. The molecule has 2 N–H and O–H groups in total. The molecule has 0 radical (unpaired) electrons. The molecule has 0 bridgehead atoms. The lowest BCUT2D eigenvalue weighted by Gasteiger charge is -2.06. The standard InChI is InChI=1S/C10H14BrNO/c1-8-5-9(11)7-10(6-8)12-3-2-4-13/h5-7,12-13H,2-4H2,1H3. The highest BCUT2D eigenvalue weighted by Gasteiger charge is 1.95. The second-order valence-corrected chi connectivity index (χ2v) is 3.94. The SMILES string of the molecule is Cc1cc(Br)cc(NCCCO)c1. The lowest BCUT2D eigenvalue weighted by Crippen LogP contribution is -2.03. The van der Waals surface area contributed by atoms with Crippen molar-refractivity contribution in [3.8, 4) is 0 Å². The van der Waals surface area contributed by atoms with E-state index in [2.05, 4.69) is 40.3 Å². The molecule has 0 spiro atoms. The van der Waals surface area contributed by atoms with Gasteiger partial charge in [-0.15, -0.1) is 0 Å². The summed E-state index contributed by atoms with van der Waals surface area (Å²) in [7, 11) is 0. The van der Waals surface area contributed by atoms with E-state index in [0.717, 1.165) is 23.1 Å². The fraction of sp³-hybridized carbons (Fsp3) is 0.400. The number of benzene rings is 1. The molecule has 0 aromatic heterocycles. The molecule has 1 aromatic carbocycles. The number of aliphatic hydroxyl groups is 1. The van der Waals surface area contributed by atoms with Crippen LogP contribution in [0.1, 0.15) is 12.0 Å².